The third-order valence-corrected chi connectivity index (χ3v) is 11.0. The topological polar surface area (TPSA) is 97.3 Å². The molecule has 5 aromatic carbocycles. The standard InChI is InChI=1S/C51H53N5O3/c1-7-8-30-56-48-42(28-19-29-52-48)45(36-20-18-27-41(31-36)59-6)47(49(56)57)54-50(58)53-46-43(34(2)3)32-40(33-44(46)35(4)5)55-51(37-21-12-9-13-22-37,38-23-14-10-15-24-38)39-25-16-11-17-26-39/h9-29,31-35,55H,7-8,30H2,1-6H3,(H2,53,54,58). The maximum absolute atomic E-state index is 14.5. The summed E-state index contributed by atoms with van der Waals surface area (Å²) in [6.45, 7) is 11.1. The van der Waals surface area contributed by atoms with E-state index < -0.39 is 11.6 Å². The number of ether oxygens (including phenoxy) is 1. The van der Waals surface area contributed by atoms with Gasteiger partial charge in [-0.1, -0.05) is 144 Å². The van der Waals surface area contributed by atoms with E-state index >= 15 is 0 Å². The van der Waals surface area contributed by atoms with Gasteiger partial charge >= 0.3 is 6.03 Å². The first-order valence-corrected chi connectivity index (χ1v) is 20.5. The molecular formula is C51H53N5O3. The van der Waals surface area contributed by atoms with Crippen molar-refractivity contribution in [3.63, 3.8) is 0 Å². The lowest BCUT2D eigenvalue weighted by atomic mass is 9.76. The number of amides is 2. The molecule has 0 radical (unpaired) electrons. The van der Waals surface area contributed by atoms with Crippen LogP contribution in [0, 0.1) is 0 Å². The van der Waals surface area contributed by atoms with E-state index in [2.05, 4.69) is 140 Å². The number of fused-ring (bicyclic) bond motifs is 1. The predicted octanol–water partition coefficient (Wildman–Crippen LogP) is 12.2. The third-order valence-electron chi connectivity index (χ3n) is 11.0. The highest BCUT2D eigenvalue weighted by atomic mass is 16.5. The smallest absolute Gasteiger partial charge is 0.323 e. The van der Waals surface area contributed by atoms with Crippen molar-refractivity contribution in [3.8, 4) is 16.9 Å². The lowest BCUT2D eigenvalue weighted by Crippen LogP contribution is -2.38. The number of carbonyl (C=O) groups is 1. The van der Waals surface area contributed by atoms with Crippen molar-refractivity contribution in [3.05, 3.63) is 184 Å². The lowest BCUT2D eigenvalue weighted by Gasteiger charge is -2.38. The first kappa shape index (κ1) is 40.5. The number of aromatic nitrogens is 2. The first-order chi connectivity index (χ1) is 28.7. The summed E-state index contributed by atoms with van der Waals surface area (Å²) in [7, 11) is 1.61. The quantitative estimate of drug-likeness (QED) is 0.0954. The maximum atomic E-state index is 14.5. The van der Waals surface area contributed by atoms with Crippen LogP contribution in [-0.2, 0) is 12.1 Å². The molecule has 300 valence electrons. The summed E-state index contributed by atoms with van der Waals surface area (Å²) < 4.78 is 7.25. The fraction of sp³-hybridized carbons (Fsp3) is 0.235. The van der Waals surface area contributed by atoms with Gasteiger partial charge < -0.3 is 20.7 Å². The Balaban J connectivity index is 1.35. The molecule has 0 bridgehead atoms. The van der Waals surface area contributed by atoms with Crippen molar-refractivity contribution in [2.24, 2.45) is 0 Å². The third kappa shape index (κ3) is 8.21. The van der Waals surface area contributed by atoms with E-state index in [1.165, 1.54) is 0 Å². The van der Waals surface area contributed by atoms with Crippen LogP contribution in [0.25, 0.3) is 22.2 Å². The van der Waals surface area contributed by atoms with Crippen LogP contribution in [0.3, 0.4) is 0 Å². The van der Waals surface area contributed by atoms with Crippen LogP contribution in [-0.4, -0.2) is 22.7 Å². The second-order valence-corrected chi connectivity index (χ2v) is 15.6. The fourth-order valence-corrected chi connectivity index (χ4v) is 8.07. The van der Waals surface area contributed by atoms with Gasteiger partial charge in [-0.2, -0.15) is 0 Å². The number of anilines is 3. The monoisotopic (exact) mass is 783 g/mol. The number of carbonyl (C=O) groups excluding carboxylic acids is 1. The van der Waals surface area contributed by atoms with Crippen molar-refractivity contribution in [1.29, 1.82) is 0 Å². The Morgan fingerprint density at radius 3 is 1.80 bits per heavy atom. The summed E-state index contributed by atoms with van der Waals surface area (Å²) in [5, 5.41) is 11.1. The van der Waals surface area contributed by atoms with Crippen LogP contribution in [0.5, 0.6) is 5.75 Å². The number of methoxy groups -OCH3 is 1. The number of benzene rings is 5. The Morgan fingerprint density at radius 1 is 0.712 bits per heavy atom. The number of hydrogen-bond acceptors (Lipinski definition) is 5. The summed E-state index contributed by atoms with van der Waals surface area (Å²) in [4.78, 5) is 33.7. The summed E-state index contributed by atoms with van der Waals surface area (Å²) in [6.07, 6.45) is 3.37. The Morgan fingerprint density at radius 2 is 1.27 bits per heavy atom. The van der Waals surface area contributed by atoms with Crippen LogP contribution < -0.4 is 26.2 Å². The molecule has 0 saturated heterocycles. The maximum Gasteiger partial charge on any atom is 0.323 e. The molecular weight excluding hydrogens is 731 g/mol. The van der Waals surface area contributed by atoms with Crippen LogP contribution >= 0.6 is 0 Å². The largest absolute Gasteiger partial charge is 0.497 e. The molecule has 3 N–H and O–H groups in total. The Hall–Kier alpha value is -6.67. The van der Waals surface area contributed by atoms with E-state index in [1.54, 1.807) is 17.9 Å². The zero-order chi connectivity index (χ0) is 41.5. The zero-order valence-corrected chi connectivity index (χ0v) is 34.8. The minimum Gasteiger partial charge on any atom is -0.497 e. The molecule has 0 unspecified atom stereocenters. The zero-order valence-electron chi connectivity index (χ0n) is 34.8. The second-order valence-electron chi connectivity index (χ2n) is 15.6. The van der Waals surface area contributed by atoms with E-state index in [9.17, 15) is 9.59 Å². The number of rotatable bonds is 14. The van der Waals surface area contributed by atoms with Crippen LogP contribution in [0.15, 0.2) is 151 Å². The highest BCUT2D eigenvalue weighted by Crippen LogP contribution is 2.43. The summed E-state index contributed by atoms with van der Waals surface area (Å²) in [5.74, 6) is 0.710. The van der Waals surface area contributed by atoms with Crippen LogP contribution in [0.2, 0.25) is 0 Å². The normalized spacial score (nSPS) is 11.5. The number of aryl methyl sites for hydroxylation is 1. The van der Waals surface area contributed by atoms with Crippen molar-refractivity contribution >= 4 is 34.1 Å². The molecule has 8 heteroatoms. The van der Waals surface area contributed by atoms with Gasteiger partial charge in [-0.3, -0.25) is 9.36 Å². The summed E-state index contributed by atoms with van der Waals surface area (Å²) in [5.41, 5.74) is 7.88. The molecule has 0 aliphatic carbocycles. The number of pyridine rings is 2. The van der Waals surface area contributed by atoms with Gasteiger partial charge in [0.05, 0.1) is 7.11 Å². The molecule has 0 atom stereocenters. The molecule has 7 aromatic rings. The fourth-order valence-electron chi connectivity index (χ4n) is 8.07. The number of urea groups is 1. The molecule has 0 spiro atoms. The van der Waals surface area contributed by atoms with Gasteiger partial charge in [0.2, 0.25) is 0 Å². The van der Waals surface area contributed by atoms with Gasteiger partial charge in [-0.05, 0) is 88.0 Å². The Bertz CT molecular complexity index is 2480. The van der Waals surface area contributed by atoms with Crippen molar-refractivity contribution in [1.82, 2.24) is 9.55 Å². The van der Waals surface area contributed by atoms with Crippen molar-refractivity contribution < 1.29 is 9.53 Å². The number of hydrogen-bond donors (Lipinski definition) is 3. The van der Waals surface area contributed by atoms with Gasteiger partial charge in [-0.25, -0.2) is 9.78 Å². The van der Waals surface area contributed by atoms with E-state index in [1.807, 2.05) is 54.6 Å². The average Bonchev–Trinajstić information content (AvgIpc) is 3.26. The van der Waals surface area contributed by atoms with Crippen LogP contribution in [0.1, 0.15) is 87.1 Å². The molecule has 59 heavy (non-hydrogen) atoms. The Kier molecular flexibility index (Phi) is 12.3. The molecule has 0 saturated carbocycles. The molecule has 0 aliphatic heterocycles. The van der Waals surface area contributed by atoms with Crippen LogP contribution in [0.4, 0.5) is 21.9 Å². The minimum absolute atomic E-state index is 0.0366. The van der Waals surface area contributed by atoms with E-state index in [0.29, 0.717) is 23.5 Å². The number of unbranched alkanes of at least 4 members (excludes halogenated alkanes) is 1. The molecule has 2 aromatic heterocycles. The van der Waals surface area contributed by atoms with E-state index in [4.69, 9.17) is 4.74 Å². The molecule has 8 nitrogen and oxygen atoms in total. The van der Waals surface area contributed by atoms with E-state index in [0.717, 1.165) is 63.0 Å². The predicted molar refractivity (Wildman–Crippen MR) is 243 cm³/mol. The minimum atomic E-state index is -0.738. The lowest BCUT2D eigenvalue weighted by molar-refractivity contribution is 0.262. The highest BCUT2D eigenvalue weighted by molar-refractivity contribution is 6.08. The van der Waals surface area contributed by atoms with Gasteiger partial charge in [0, 0.05) is 35.1 Å². The SMILES string of the molecule is CCCCn1c(=O)c(NC(=O)Nc2c(C(C)C)cc(NC(c3ccccc3)(c3ccccc3)c3ccccc3)cc2C(C)C)c(-c2cccc(OC)c2)c2cccnc21. The highest BCUT2D eigenvalue weighted by Gasteiger charge is 2.37. The first-order valence-electron chi connectivity index (χ1n) is 20.5. The van der Waals surface area contributed by atoms with Crippen molar-refractivity contribution in [2.45, 2.75) is 71.4 Å². The number of nitrogens with zero attached hydrogens (tertiary/aromatic N) is 2. The van der Waals surface area contributed by atoms with Gasteiger partial charge in [0.1, 0.15) is 22.6 Å². The summed E-state index contributed by atoms with van der Waals surface area (Å²) >= 11 is 0. The molecule has 7 rings (SSSR count). The van der Waals surface area contributed by atoms with Gasteiger partial charge in [-0.15, -0.1) is 0 Å². The van der Waals surface area contributed by atoms with Gasteiger partial charge in [0.15, 0.2) is 0 Å². The Labute approximate surface area is 347 Å². The van der Waals surface area contributed by atoms with E-state index in [-0.39, 0.29) is 23.1 Å². The molecule has 2 heterocycles. The summed E-state index contributed by atoms with van der Waals surface area (Å²) in [6, 6.07) is 46.7. The molecule has 0 aliphatic rings. The second kappa shape index (κ2) is 17.9. The molecule has 0 fully saturated rings. The molecule has 2 amide bonds. The van der Waals surface area contributed by atoms with Crippen molar-refractivity contribution in [2.75, 3.05) is 23.1 Å². The number of nitrogens with one attached hydrogen (secondary N) is 3. The average molecular weight is 784 g/mol. The van der Waals surface area contributed by atoms with Gasteiger partial charge in [0.25, 0.3) is 5.56 Å².